The molecule has 3 heteroatoms. The Hall–Kier alpha value is -0.570. The molecule has 98 valence electrons. The number of carbonyl (C=O) groups is 1. The Morgan fingerprint density at radius 3 is 2.18 bits per heavy atom. The molecule has 0 aromatic carbocycles. The van der Waals surface area contributed by atoms with Gasteiger partial charge in [-0.25, -0.2) is 4.79 Å². The van der Waals surface area contributed by atoms with Gasteiger partial charge in [-0.15, -0.1) is 0 Å². The Morgan fingerprint density at radius 2 is 1.76 bits per heavy atom. The van der Waals surface area contributed by atoms with Crippen LogP contribution < -0.4 is 0 Å². The lowest BCUT2D eigenvalue weighted by atomic mass is 9.65. The molecule has 2 aliphatic rings. The van der Waals surface area contributed by atoms with E-state index in [9.17, 15) is 15.0 Å². The summed E-state index contributed by atoms with van der Waals surface area (Å²) in [7, 11) is 0. The highest BCUT2D eigenvalue weighted by molar-refractivity contribution is 5.77. The van der Waals surface area contributed by atoms with Gasteiger partial charge < -0.3 is 10.2 Å². The minimum atomic E-state index is -1.49. The van der Waals surface area contributed by atoms with Crippen LogP contribution in [0.15, 0.2) is 0 Å². The maximum atomic E-state index is 11.2. The number of hydrogen-bond acceptors (Lipinski definition) is 2. The van der Waals surface area contributed by atoms with Crippen LogP contribution in [0.25, 0.3) is 0 Å². The van der Waals surface area contributed by atoms with Gasteiger partial charge in [-0.3, -0.25) is 0 Å². The van der Waals surface area contributed by atoms with E-state index >= 15 is 0 Å². The van der Waals surface area contributed by atoms with Crippen LogP contribution in [-0.2, 0) is 4.79 Å². The van der Waals surface area contributed by atoms with Crippen molar-refractivity contribution >= 4 is 5.97 Å². The molecule has 1 unspecified atom stereocenters. The standard InChI is InChI=1S/C14H24O3/c1-2-14(17,12(15)16)11-5-9-13(10-6-11)7-3-4-8-13/h11,17H,2-10H2,1H3,(H,15,16). The lowest BCUT2D eigenvalue weighted by Crippen LogP contribution is -2.47. The van der Waals surface area contributed by atoms with Gasteiger partial charge in [0.2, 0.25) is 0 Å². The van der Waals surface area contributed by atoms with Crippen molar-refractivity contribution in [2.75, 3.05) is 0 Å². The summed E-state index contributed by atoms with van der Waals surface area (Å²) in [6, 6.07) is 0. The summed E-state index contributed by atoms with van der Waals surface area (Å²) in [5.41, 5.74) is -0.982. The summed E-state index contributed by atoms with van der Waals surface area (Å²) >= 11 is 0. The minimum absolute atomic E-state index is 0.0452. The van der Waals surface area contributed by atoms with Gasteiger partial charge in [0.15, 0.2) is 5.60 Å². The first-order chi connectivity index (χ1) is 8.02. The van der Waals surface area contributed by atoms with Crippen LogP contribution in [0.5, 0.6) is 0 Å². The monoisotopic (exact) mass is 240 g/mol. The van der Waals surface area contributed by atoms with Gasteiger partial charge in [-0.2, -0.15) is 0 Å². The molecule has 2 N–H and O–H groups in total. The molecule has 17 heavy (non-hydrogen) atoms. The van der Waals surface area contributed by atoms with E-state index in [2.05, 4.69) is 0 Å². The molecule has 0 aromatic rings. The minimum Gasteiger partial charge on any atom is -0.479 e. The maximum Gasteiger partial charge on any atom is 0.335 e. The van der Waals surface area contributed by atoms with Gasteiger partial charge in [0.1, 0.15) is 0 Å². The molecule has 0 saturated heterocycles. The molecule has 0 amide bonds. The number of rotatable bonds is 3. The Labute approximate surface area is 103 Å². The van der Waals surface area contributed by atoms with E-state index in [-0.39, 0.29) is 5.92 Å². The van der Waals surface area contributed by atoms with Gasteiger partial charge in [-0.05, 0) is 56.3 Å². The third-order valence-electron chi connectivity index (χ3n) is 5.30. The average molecular weight is 240 g/mol. The maximum absolute atomic E-state index is 11.2. The molecule has 0 heterocycles. The van der Waals surface area contributed by atoms with Crippen molar-refractivity contribution in [3.05, 3.63) is 0 Å². The highest BCUT2D eigenvalue weighted by Gasteiger charge is 2.47. The predicted octanol–water partition coefficient (Wildman–Crippen LogP) is 2.96. The van der Waals surface area contributed by atoms with Gasteiger partial charge in [0.05, 0.1) is 0 Å². The molecule has 3 nitrogen and oxygen atoms in total. The SMILES string of the molecule is CCC(O)(C(=O)O)C1CCC2(CCCC2)CC1. The first kappa shape index (κ1) is 12.9. The molecule has 2 aliphatic carbocycles. The number of aliphatic carboxylic acids is 1. The van der Waals surface area contributed by atoms with Crippen molar-refractivity contribution in [3.8, 4) is 0 Å². The first-order valence-corrected chi connectivity index (χ1v) is 6.98. The molecule has 2 fully saturated rings. The van der Waals surface area contributed by atoms with Gasteiger partial charge in [0.25, 0.3) is 0 Å². The summed E-state index contributed by atoms with van der Waals surface area (Å²) in [6.45, 7) is 1.77. The Morgan fingerprint density at radius 1 is 1.24 bits per heavy atom. The van der Waals surface area contributed by atoms with Crippen LogP contribution in [0.1, 0.15) is 64.7 Å². The fourth-order valence-corrected chi connectivity index (χ4v) is 3.95. The zero-order valence-electron chi connectivity index (χ0n) is 10.7. The van der Waals surface area contributed by atoms with E-state index < -0.39 is 11.6 Å². The fraction of sp³-hybridized carbons (Fsp3) is 0.929. The van der Waals surface area contributed by atoms with Gasteiger partial charge >= 0.3 is 5.97 Å². The fourth-order valence-electron chi connectivity index (χ4n) is 3.95. The van der Waals surface area contributed by atoms with Crippen molar-refractivity contribution in [1.82, 2.24) is 0 Å². The van der Waals surface area contributed by atoms with E-state index in [0.29, 0.717) is 11.8 Å². The second-order valence-electron chi connectivity index (χ2n) is 6.06. The Bertz CT molecular complexity index is 284. The summed E-state index contributed by atoms with van der Waals surface area (Å²) in [5, 5.41) is 19.4. The summed E-state index contributed by atoms with van der Waals surface area (Å²) in [6.07, 6.45) is 9.63. The lowest BCUT2D eigenvalue weighted by Gasteiger charge is -2.42. The van der Waals surface area contributed by atoms with E-state index in [1.54, 1.807) is 6.92 Å². The van der Waals surface area contributed by atoms with Crippen molar-refractivity contribution in [2.45, 2.75) is 70.3 Å². The third kappa shape index (κ3) is 2.22. The van der Waals surface area contributed by atoms with Gasteiger partial charge in [0, 0.05) is 0 Å². The Balaban J connectivity index is 2.00. The third-order valence-corrected chi connectivity index (χ3v) is 5.30. The quantitative estimate of drug-likeness (QED) is 0.797. The van der Waals surface area contributed by atoms with E-state index in [4.69, 9.17) is 0 Å². The van der Waals surface area contributed by atoms with Crippen LogP contribution in [0.2, 0.25) is 0 Å². The van der Waals surface area contributed by atoms with E-state index in [1.165, 1.54) is 25.7 Å². The number of hydrogen-bond donors (Lipinski definition) is 2. The molecule has 0 aromatic heterocycles. The zero-order valence-corrected chi connectivity index (χ0v) is 10.7. The van der Waals surface area contributed by atoms with Gasteiger partial charge in [-0.1, -0.05) is 19.8 Å². The Kier molecular flexibility index (Phi) is 3.48. The predicted molar refractivity (Wildman–Crippen MR) is 65.7 cm³/mol. The van der Waals surface area contributed by atoms with Crippen LogP contribution in [0.4, 0.5) is 0 Å². The molecule has 1 atom stereocenters. The van der Waals surface area contributed by atoms with Crippen molar-refractivity contribution in [1.29, 1.82) is 0 Å². The van der Waals surface area contributed by atoms with E-state index in [0.717, 1.165) is 25.7 Å². The zero-order chi connectivity index (χ0) is 12.5. The second-order valence-corrected chi connectivity index (χ2v) is 6.06. The summed E-state index contributed by atoms with van der Waals surface area (Å²) in [5.74, 6) is -1.08. The molecule has 0 radical (unpaired) electrons. The van der Waals surface area contributed by atoms with Crippen LogP contribution in [-0.4, -0.2) is 21.8 Å². The number of carboxylic acids is 1. The normalized spacial score (nSPS) is 28.1. The number of carboxylic acid groups (broad SMARTS) is 1. The van der Waals surface area contributed by atoms with Crippen molar-refractivity contribution in [3.63, 3.8) is 0 Å². The average Bonchev–Trinajstić information content (AvgIpc) is 2.77. The van der Waals surface area contributed by atoms with Crippen LogP contribution in [0.3, 0.4) is 0 Å². The molecular formula is C14H24O3. The molecule has 2 saturated carbocycles. The van der Waals surface area contributed by atoms with Crippen LogP contribution >= 0.6 is 0 Å². The molecular weight excluding hydrogens is 216 g/mol. The molecule has 0 bridgehead atoms. The lowest BCUT2D eigenvalue weighted by molar-refractivity contribution is -0.168. The number of aliphatic hydroxyl groups is 1. The molecule has 2 rings (SSSR count). The largest absolute Gasteiger partial charge is 0.479 e. The molecule has 0 aliphatic heterocycles. The topological polar surface area (TPSA) is 57.5 Å². The van der Waals surface area contributed by atoms with E-state index in [1.807, 2.05) is 0 Å². The summed E-state index contributed by atoms with van der Waals surface area (Å²) in [4.78, 5) is 11.2. The molecule has 1 spiro atoms. The smallest absolute Gasteiger partial charge is 0.335 e. The highest BCUT2D eigenvalue weighted by Crippen LogP contribution is 2.52. The summed E-state index contributed by atoms with van der Waals surface area (Å²) < 4.78 is 0. The second kappa shape index (κ2) is 4.60. The first-order valence-electron chi connectivity index (χ1n) is 6.98. The highest BCUT2D eigenvalue weighted by atomic mass is 16.4. The van der Waals surface area contributed by atoms with Crippen molar-refractivity contribution in [2.24, 2.45) is 11.3 Å². The van der Waals surface area contributed by atoms with Crippen molar-refractivity contribution < 1.29 is 15.0 Å². The van der Waals surface area contributed by atoms with Crippen LogP contribution in [0, 0.1) is 11.3 Å².